The average Bonchev–Trinajstić information content (AvgIpc) is 2.46. The Hall–Kier alpha value is -2.70. The molecule has 0 aliphatic carbocycles. The molecule has 2 rings (SSSR count). The van der Waals surface area contributed by atoms with E-state index in [1.165, 1.54) is 10.9 Å². The summed E-state index contributed by atoms with van der Waals surface area (Å²) in [4.78, 5) is 38.7. The molecule has 2 aromatic rings. The van der Waals surface area contributed by atoms with Crippen LogP contribution in [0.1, 0.15) is 19.8 Å². The highest BCUT2D eigenvalue weighted by molar-refractivity contribution is 5.78. The maximum Gasteiger partial charge on any atom is 0.305 e. The van der Waals surface area contributed by atoms with Crippen molar-refractivity contribution in [1.82, 2.24) is 14.9 Å². The van der Waals surface area contributed by atoms with Crippen molar-refractivity contribution in [2.45, 2.75) is 32.4 Å². The number of carboxylic acids is 1. The lowest BCUT2D eigenvalue weighted by Gasteiger charge is -2.12. The molecule has 0 bridgehead atoms. The predicted molar refractivity (Wildman–Crippen MR) is 80.5 cm³/mol. The first kappa shape index (κ1) is 15.7. The quantitative estimate of drug-likeness (QED) is 0.820. The van der Waals surface area contributed by atoms with Crippen LogP contribution in [0.4, 0.5) is 0 Å². The molecule has 22 heavy (non-hydrogen) atoms. The molecule has 1 unspecified atom stereocenters. The molecule has 0 fully saturated rings. The van der Waals surface area contributed by atoms with Crippen LogP contribution in [0, 0.1) is 0 Å². The molecule has 1 amide bonds. The van der Waals surface area contributed by atoms with Crippen molar-refractivity contribution in [3.8, 4) is 0 Å². The summed E-state index contributed by atoms with van der Waals surface area (Å²) in [5.74, 6) is -1.27. The monoisotopic (exact) mass is 303 g/mol. The maximum atomic E-state index is 12.2. The Labute approximate surface area is 126 Å². The molecular weight excluding hydrogens is 286 g/mol. The van der Waals surface area contributed by atoms with Crippen LogP contribution >= 0.6 is 0 Å². The minimum atomic E-state index is -0.970. The van der Waals surface area contributed by atoms with Gasteiger partial charge in [0.1, 0.15) is 0 Å². The topological polar surface area (TPSA) is 101 Å². The lowest BCUT2D eigenvalue weighted by Crippen LogP contribution is -2.35. The molecule has 0 aliphatic heterocycles. The second kappa shape index (κ2) is 6.84. The summed E-state index contributed by atoms with van der Waals surface area (Å²) in [5.41, 5.74) is 0.417. The minimum absolute atomic E-state index is 0.0872. The van der Waals surface area contributed by atoms with Gasteiger partial charge in [0.25, 0.3) is 5.56 Å². The van der Waals surface area contributed by atoms with E-state index in [-0.39, 0.29) is 30.9 Å². The van der Waals surface area contributed by atoms with Crippen molar-refractivity contribution in [2.24, 2.45) is 0 Å². The summed E-state index contributed by atoms with van der Waals surface area (Å²) >= 11 is 0. The van der Waals surface area contributed by atoms with Gasteiger partial charge < -0.3 is 10.4 Å². The van der Waals surface area contributed by atoms with Crippen molar-refractivity contribution in [1.29, 1.82) is 0 Å². The van der Waals surface area contributed by atoms with Gasteiger partial charge in [0.15, 0.2) is 0 Å². The third kappa shape index (κ3) is 3.91. The van der Waals surface area contributed by atoms with Crippen LogP contribution in [-0.2, 0) is 16.1 Å². The van der Waals surface area contributed by atoms with Crippen molar-refractivity contribution in [2.75, 3.05) is 0 Å². The van der Waals surface area contributed by atoms with Gasteiger partial charge in [-0.3, -0.25) is 19.0 Å². The highest BCUT2D eigenvalue weighted by Crippen LogP contribution is 2.04. The molecule has 0 saturated carbocycles. The summed E-state index contributed by atoms with van der Waals surface area (Å²) in [6, 6.07) is 6.56. The summed E-state index contributed by atoms with van der Waals surface area (Å²) < 4.78 is 1.38. The zero-order chi connectivity index (χ0) is 16.1. The number of fused-ring (bicyclic) bond motifs is 1. The standard InChI is InChI=1S/C15H17N3O4/c1-10(8-14(20)21)17-13(19)6-7-18-9-16-12-5-3-2-4-11(12)15(18)22/h2-5,9-10H,6-8H2,1H3,(H,17,19)(H,20,21). The first-order chi connectivity index (χ1) is 10.5. The number of benzene rings is 1. The second-order valence-electron chi connectivity index (χ2n) is 5.08. The fraction of sp³-hybridized carbons (Fsp3) is 0.333. The highest BCUT2D eigenvalue weighted by atomic mass is 16.4. The fourth-order valence-electron chi connectivity index (χ4n) is 2.15. The Bertz CT molecular complexity index is 754. The number of nitrogens with zero attached hydrogens (tertiary/aromatic N) is 2. The Balaban J connectivity index is 2.00. The number of rotatable bonds is 6. The summed E-state index contributed by atoms with van der Waals surface area (Å²) in [6.45, 7) is 1.82. The Kier molecular flexibility index (Phi) is 4.88. The van der Waals surface area contributed by atoms with Crippen LogP contribution in [0.5, 0.6) is 0 Å². The first-order valence-electron chi connectivity index (χ1n) is 6.92. The number of carboxylic acid groups (broad SMARTS) is 1. The van der Waals surface area contributed by atoms with Crippen LogP contribution in [0.3, 0.4) is 0 Å². The molecule has 2 N–H and O–H groups in total. The van der Waals surface area contributed by atoms with Crippen LogP contribution in [0.2, 0.25) is 0 Å². The van der Waals surface area contributed by atoms with E-state index in [1.54, 1.807) is 31.2 Å². The van der Waals surface area contributed by atoms with E-state index in [0.717, 1.165) is 0 Å². The lowest BCUT2D eigenvalue weighted by atomic mass is 10.2. The predicted octanol–water partition coefficient (Wildman–Crippen LogP) is 0.766. The molecule has 7 nitrogen and oxygen atoms in total. The maximum absolute atomic E-state index is 12.2. The number of para-hydroxylation sites is 1. The molecule has 116 valence electrons. The number of carbonyl (C=O) groups excluding carboxylic acids is 1. The van der Waals surface area contributed by atoms with Gasteiger partial charge in [0.2, 0.25) is 5.91 Å². The Morgan fingerprint density at radius 3 is 2.82 bits per heavy atom. The lowest BCUT2D eigenvalue weighted by molar-refractivity contribution is -0.137. The zero-order valence-corrected chi connectivity index (χ0v) is 12.2. The number of carbonyl (C=O) groups is 2. The van der Waals surface area contributed by atoms with Crippen LogP contribution in [-0.4, -0.2) is 32.6 Å². The third-order valence-corrected chi connectivity index (χ3v) is 3.20. The molecule has 0 spiro atoms. The van der Waals surface area contributed by atoms with E-state index in [1.807, 2.05) is 0 Å². The molecular formula is C15H17N3O4. The van der Waals surface area contributed by atoms with Gasteiger partial charge in [-0.15, -0.1) is 0 Å². The Morgan fingerprint density at radius 2 is 2.09 bits per heavy atom. The molecule has 1 atom stereocenters. The molecule has 1 aromatic heterocycles. The van der Waals surface area contributed by atoms with Gasteiger partial charge in [0, 0.05) is 19.0 Å². The van der Waals surface area contributed by atoms with Crippen LogP contribution < -0.4 is 10.9 Å². The average molecular weight is 303 g/mol. The fourth-order valence-corrected chi connectivity index (χ4v) is 2.15. The SMILES string of the molecule is CC(CC(=O)O)NC(=O)CCn1cnc2ccccc2c1=O. The first-order valence-corrected chi connectivity index (χ1v) is 6.92. The van der Waals surface area contributed by atoms with Gasteiger partial charge >= 0.3 is 5.97 Å². The number of aromatic nitrogens is 2. The van der Waals surface area contributed by atoms with E-state index in [9.17, 15) is 14.4 Å². The third-order valence-electron chi connectivity index (χ3n) is 3.20. The molecule has 7 heteroatoms. The number of hydrogen-bond acceptors (Lipinski definition) is 4. The normalized spacial score (nSPS) is 12.0. The van der Waals surface area contributed by atoms with E-state index < -0.39 is 12.0 Å². The molecule has 0 saturated heterocycles. The second-order valence-corrected chi connectivity index (χ2v) is 5.08. The molecule has 0 radical (unpaired) electrons. The molecule has 0 aliphatic rings. The number of amides is 1. The minimum Gasteiger partial charge on any atom is -0.481 e. The summed E-state index contributed by atoms with van der Waals surface area (Å²) in [5, 5.41) is 11.7. The van der Waals surface area contributed by atoms with E-state index in [0.29, 0.717) is 10.9 Å². The highest BCUT2D eigenvalue weighted by Gasteiger charge is 2.11. The smallest absolute Gasteiger partial charge is 0.305 e. The van der Waals surface area contributed by atoms with Gasteiger partial charge in [-0.05, 0) is 19.1 Å². The van der Waals surface area contributed by atoms with Crippen molar-refractivity contribution in [3.05, 3.63) is 40.9 Å². The molecule has 1 aromatic carbocycles. The number of nitrogens with one attached hydrogen (secondary N) is 1. The van der Waals surface area contributed by atoms with Crippen LogP contribution in [0.15, 0.2) is 35.4 Å². The van der Waals surface area contributed by atoms with Gasteiger partial charge in [0.05, 0.1) is 23.7 Å². The van der Waals surface area contributed by atoms with Crippen LogP contribution in [0.25, 0.3) is 10.9 Å². The van der Waals surface area contributed by atoms with Gasteiger partial charge in [-0.25, -0.2) is 4.98 Å². The summed E-state index contributed by atoms with van der Waals surface area (Å²) in [7, 11) is 0. The zero-order valence-electron chi connectivity index (χ0n) is 12.2. The van der Waals surface area contributed by atoms with Gasteiger partial charge in [-0.2, -0.15) is 0 Å². The number of aliphatic carboxylic acids is 1. The van der Waals surface area contributed by atoms with E-state index >= 15 is 0 Å². The number of hydrogen-bond donors (Lipinski definition) is 2. The van der Waals surface area contributed by atoms with E-state index in [4.69, 9.17) is 5.11 Å². The number of aryl methyl sites for hydroxylation is 1. The molecule has 1 heterocycles. The van der Waals surface area contributed by atoms with Crippen molar-refractivity contribution in [3.63, 3.8) is 0 Å². The van der Waals surface area contributed by atoms with Crippen molar-refractivity contribution >= 4 is 22.8 Å². The van der Waals surface area contributed by atoms with Gasteiger partial charge in [-0.1, -0.05) is 12.1 Å². The van der Waals surface area contributed by atoms with Crippen molar-refractivity contribution < 1.29 is 14.7 Å². The Morgan fingerprint density at radius 1 is 1.36 bits per heavy atom. The summed E-state index contributed by atoms with van der Waals surface area (Å²) in [6.07, 6.45) is 1.37. The van der Waals surface area contributed by atoms with E-state index in [2.05, 4.69) is 10.3 Å². The largest absolute Gasteiger partial charge is 0.481 e.